The molecule has 0 fully saturated rings. The largest absolute Gasteiger partial charge is 0.454 e. The quantitative estimate of drug-likeness (QED) is 0.142. The van der Waals surface area contributed by atoms with Gasteiger partial charge in [0.25, 0.3) is 0 Å². The van der Waals surface area contributed by atoms with Crippen LogP contribution in [0.4, 0.5) is 28.4 Å². The lowest BCUT2D eigenvalue weighted by molar-refractivity contribution is 0.669. The molecule has 0 radical (unpaired) electrons. The van der Waals surface area contributed by atoms with Crippen LogP contribution in [0.2, 0.25) is 0 Å². The fraction of sp³-hybridized carbons (Fsp3) is 0.0462. The molecule has 2 heterocycles. The van der Waals surface area contributed by atoms with Gasteiger partial charge in [-0.15, -0.1) is 0 Å². The van der Waals surface area contributed by atoms with Crippen LogP contribution in [-0.2, 0) is 6.42 Å². The lowest BCUT2D eigenvalue weighted by atomic mass is 9.92. The van der Waals surface area contributed by atoms with Crippen molar-refractivity contribution in [2.24, 2.45) is 0 Å². The van der Waals surface area contributed by atoms with Crippen molar-refractivity contribution in [2.45, 2.75) is 19.3 Å². The molecule has 0 bridgehead atoms. The highest BCUT2D eigenvalue weighted by atomic mass is 16.3. The summed E-state index contributed by atoms with van der Waals surface area (Å²) >= 11 is 0. The van der Waals surface area contributed by atoms with Crippen molar-refractivity contribution in [1.82, 2.24) is 0 Å². The molecular weight excluding hydrogens is 841 g/mol. The summed E-state index contributed by atoms with van der Waals surface area (Å²) in [7, 11) is 0. The van der Waals surface area contributed by atoms with Crippen LogP contribution < -0.4 is 15.0 Å². The SMILES string of the molecule is C1#CC(N(c2ccccc2C2=CC=CCC2)c2cccc3c2oc2ccccc23)=c2ccc3ccc(N(c4ccccc4-c4ccccc4)c4cccc5c4oc4ccccc45)c4ccc(c2c34)C1. The van der Waals surface area contributed by atoms with Gasteiger partial charge in [-0.05, 0) is 94.1 Å². The Bertz CT molecular complexity index is 4250. The van der Waals surface area contributed by atoms with Crippen molar-refractivity contribution in [3.63, 3.8) is 0 Å². The van der Waals surface area contributed by atoms with Crippen LogP contribution in [0.1, 0.15) is 24.0 Å². The molecule has 10 aromatic carbocycles. The number of nitrogens with zero attached hydrogens (tertiary/aromatic N) is 2. The molecule has 14 rings (SSSR count). The molecule has 0 aliphatic heterocycles. The van der Waals surface area contributed by atoms with E-state index >= 15 is 0 Å². The van der Waals surface area contributed by atoms with Gasteiger partial charge in [0, 0.05) is 49.7 Å². The molecule has 0 atom stereocenters. The number of para-hydroxylation sites is 6. The van der Waals surface area contributed by atoms with Gasteiger partial charge in [-0.2, -0.15) is 0 Å². The zero-order valence-electron chi connectivity index (χ0n) is 37.6. The van der Waals surface area contributed by atoms with Crippen LogP contribution in [0, 0.1) is 11.8 Å². The molecule has 2 aliphatic rings. The minimum atomic E-state index is 0.606. The van der Waals surface area contributed by atoms with Crippen molar-refractivity contribution in [3.05, 3.63) is 235 Å². The Kier molecular flexibility index (Phi) is 8.97. The topological polar surface area (TPSA) is 32.8 Å². The third-order valence-electron chi connectivity index (χ3n) is 14.2. The first kappa shape index (κ1) is 39.2. The third-order valence-corrected chi connectivity index (χ3v) is 14.2. The maximum atomic E-state index is 6.86. The first-order valence-electron chi connectivity index (χ1n) is 23.8. The van der Waals surface area contributed by atoms with Gasteiger partial charge in [0.15, 0.2) is 11.2 Å². The first-order valence-corrected chi connectivity index (χ1v) is 23.8. The minimum Gasteiger partial charge on any atom is -0.454 e. The molecule has 4 nitrogen and oxygen atoms in total. The van der Waals surface area contributed by atoms with Gasteiger partial charge < -0.3 is 13.7 Å². The molecule has 0 N–H and O–H groups in total. The van der Waals surface area contributed by atoms with E-state index in [9.17, 15) is 0 Å². The van der Waals surface area contributed by atoms with Crippen LogP contribution >= 0.6 is 0 Å². The Morgan fingerprint density at radius 3 is 1.77 bits per heavy atom. The predicted molar refractivity (Wildman–Crippen MR) is 288 cm³/mol. The van der Waals surface area contributed by atoms with Gasteiger partial charge in [-0.25, -0.2) is 0 Å². The lowest BCUT2D eigenvalue weighted by Crippen LogP contribution is -2.23. The summed E-state index contributed by atoms with van der Waals surface area (Å²) in [5.41, 5.74) is 15.4. The standard InChI is InChI=1S/C65H42N2O2/c1-3-18-42(19-4-1)46-23-7-11-29-54(46)66(58-32-16-27-50-48-25-9-13-34-60(48)68-64(50)58)56-31-15-22-44-36-39-53-57(41-38-45-37-40-52(56)62(44)63(45)53)67(55-30-12-8-24-47(55)43-20-5-2-6-21-43)59-33-17-28-51-49-26-10-14-35-61(49)69-65(51)59/h1-3,5-14,16-18,20-21,23-30,32-41H,4,19,22H2. The lowest BCUT2D eigenvalue weighted by Gasteiger charge is -2.30. The molecule has 0 saturated carbocycles. The number of hydrogen-bond donors (Lipinski definition) is 0. The summed E-state index contributed by atoms with van der Waals surface area (Å²) in [5, 5.41) is 10.1. The Hall–Kier alpha value is -9.04. The maximum Gasteiger partial charge on any atom is 0.159 e. The van der Waals surface area contributed by atoms with Gasteiger partial charge in [0.2, 0.25) is 0 Å². The highest BCUT2D eigenvalue weighted by molar-refractivity contribution is 6.20. The average molecular weight is 883 g/mol. The molecular formula is C65H42N2O2. The summed E-state index contributed by atoms with van der Waals surface area (Å²) in [6.45, 7) is 0. The number of fused-ring (bicyclic) bond motifs is 6. The molecule has 12 aromatic rings. The molecule has 2 aliphatic carbocycles. The number of rotatable bonds is 8. The van der Waals surface area contributed by atoms with Gasteiger partial charge in [-0.3, -0.25) is 4.90 Å². The zero-order chi connectivity index (χ0) is 45.4. The minimum absolute atomic E-state index is 0.606. The summed E-state index contributed by atoms with van der Waals surface area (Å²) in [6, 6.07) is 71.7. The average Bonchev–Trinajstić information content (AvgIpc) is 3.94. The number of hydrogen-bond acceptors (Lipinski definition) is 4. The smallest absolute Gasteiger partial charge is 0.159 e. The van der Waals surface area contributed by atoms with Crippen molar-refractivity contribution in [3.8, 4) is 23.0 Å². The molecule has 0 saturated heterocycles. The van der Waals surface area contributed by atoms with E-state index in [1.54, 1.807) is 0 Å². The summed E-state index contributed by atoms with van der Waals surface area (Å²) < 4.78 is 13.7. The van der Waals surface area contributed by atoms with Crippen LogP contribution in [-0.4, -0.2) is 0 Å². The molecule has 324 valence electrons. The molecule has 0 spiro atoms. The van der Waals surface area contributed by atoms with Crippen LogP contribution in [0.25, 0.3) is 87.8 Å². The normalized spacial score (nSPS) is 13.3. The molecule has 0 unspecified atom stereocenters. The van der Waals surface area contributed by atoms with Crippen molar-refractivity contribution < 1.29 is 8.83 Å². The van der Waals surface area contributed by atoms with E-state index in [0.29, 0.717) is 6.42 Å². The zero-order valence-corrected chi connectivity index (χ0v) is 37.6. The second-order valence-corrected chi connectivity index (χ2v) is 18.0. The Morgan fingerprint density at radius 1 is 0.435 bits per heavy atom. The van der Waals surface area contributed by atoms with Gasteiger partial charge in [-0.1, -0.05) is 182 Å². The van der Waals surface area contributed by atoms with Gasteiger partial charge in [0.1, 0.15) is 16.9 Å². The first-order chi connectivity index (χ1) is 34.3. The van der Waals surface area contributed by atoms with E-state index in [1.807, 2.05) is 12.1 Å². The van der Waals surface area contributed by atoms with E-state index in [4.69, 9.17) is 8.83 Å². The van der Waals surface area contributed by atoms with Crippen molar-refractivity contribution in [1.29, 1.82) is 0 Å². The van der Waals surface area contributed by atoms with Crippen LogP contribution in [0.3, 0.4) is 0 Å². The molecule has 69 heavy (non-hydrogen) atoms. The number of allylic oxidation sites excluding steroid dienone is 4. The summed E-state index contributed by atoms with van der Waals surface area (Å²) in [4.78, 5) is 4.81. The molecule has 4 heteroatoms. The summed E-state index contributed by atoms with van der Waals surface area (Å²) in [6.07, 6.45) is 9.27. The number of anilines is 5. The fourth-order valence-electron chi connectivity index (χ4n) is 11.1. The Morgan fingerprint density at radius 2 is 1.04 bits per heavy atom. The van der Waals surface area contributed by atoms with Gasteiger partial charge in [0.05, 0.1) is 28.4 Å². The second-order valence-electron chi connectivity index (χ2n) is 18.0. The predicted octanol–water partition coefficient (Wildman–Crippen LogP) is 16.9. The highest BCUT2D eigenvalue weighted by Gasteiger charge is 2.28. The molecule has 2 aromatic heterocycles. The molecule has 0 amide bonds. The highest BCUT2D eigenvalue weighted by Crippen LogP contribution is 2.49. The maximum absolute atomic E-state index is 6.86. The van der Waals surface area contributed by atoms with E-state index in [2.05, 4.69) is 228 Å². The Labute approximate surface area is 398 Å². The van der Waals surface area contributed by atoms with Gasteiger partial charge >= 0.3 is 0 Å². The number of benzene rings is 10. The van der Waals surface area contributed by atoms with E-state index in [0.717, 1.165) is 113 Å². The van der Waals surface area contributed by atoms with Crippen LogP contribution in [0.15, 0.2) is 227 Å². The second kappa shape index (κ2) is 15.8. The van der Waals surface area contributed by atoms with Crippen molar-refractivity contribution >= 4 is 105 Å². The monoisotopic (exact) mass is 882 g/mol. The van der Waals surface area contributed by atoms with E-state index < -0.39 is 0 Å². The van der Waals surface area contributed by atoms with Crippen LogP contribution in [0.5, 0.6) is 0 Å². The van der Waals surface area contributed by atoms with E-state index in [1.165, 1.54) is 32.9 Å². The van der Waals surface area contributed by atoms with Crippen molar-refractivity contribution in [2.75, 3.05) is 9.80 Å². The van der Waals surface area contributed by atoms with E-state index in [-0.39, 0.29) is 0 Å². The summed E-state index contributed by atoms with van der Waals surface area (Å²) in [5.74, 6) is 7.49. The number of furan rings is 2. The third kappa shape index (κ3) is 6.18. The fourth-order valence-corrected chi connectivity index (χ4v) is 11.1. The Balaban J connectivity index is 1.08.